The fourth-order valence-corrected chi connectivity index (χ4v) is 1.46. The lowest BCUT2D eigenvalue weighted by molar-refractivity contribution is 0.570. The summed E-state index contributed by atoms with van der Waals surface area (Å²) in [6.07, 6.45) is 3.25. The van der Waals surface area contributed by atoms with Gasteiger partial charge >= 0.3 is 0 Å². The van der Waals surface area contributed by atoms with Crippen LogP contribution in [0.1, 0.15) is 12.1 Å². The van der Waals surface area contributed by atoms with E-state index in [0.29, 0.717) is 18.0 Å². The quantitative estimate of drug-likeness (QED) is 0.860. The minimum atomic E-state index is -0.292. The summed E-state index contributed by atoms with van der Waals surface area (Å²) in [4.78, 5) is 4.27. The molecule has 0 aliphatic carbocycles. The van der Waals surface area contributed by atoms with Crippen molar-refractivity contribution in [1.82, 2.24) is 4.98 Å². The van der Waals surface area contributed by atoms with Gasteiger partial charge in [0.2, 0.25) is 5.89 Å². The van der Waals surface area contributed by atoms with Crippen molar-refractivity contribution in [3.8, 4) is 11.5 Å². The molecule has 2 aromatic rings. The summed E-state index contributed by atoms with van der Waals surface area (Å²) in [5.41, 5.74) is 6.91. The first-order valence-electron chi connectivity index (χ1n) is 5.20. The van der Waals surface area contributed by atoms with E-state index >= 15 is 0 Å². The van der Waals surface area contributed by atoms with E-state index in [4.69, 9.17) is 10.2 Å². The van der Waals surface area contributed by atoms with Gasteiger partial charge in [-0.3, -0.25) is 0 Å². The number of rotatable bonds is 4. The van der Waals surface area contributed by atoms with Gasteiger partial charge in [-0.05, 0) is 37.6 Å². The van der Waals surface area contributed by atoms with E-state index in [1.807, 2.05) is 0 Å². The van der Waals surface area contributed by atoms with E-state index < -0.39 is 0 Å². The smallest absolute Gasteiger partial charge is 0.226 e. The standard InChI is InChI=1S/C12H13FN2O/c13-10-4-1-3-9(7-10)12-15-11(8-16-12)5-2-6-14/h1,3-4,7-8H,2,5-6,14H2. The molecule has 2 rings (SSSR count). The van der Waals surface area contributed by atoms with Gasteiger partial charge in [-0.1, -0.05) is 6.07 Å². The first-order chi connectivity index (χ1) is 7.79. The van der Waals surface area contributed by atoms with Crippen molar-refractivity contribution in [1.29, 1.82) is 0 Å². The Morgan fingerprint density at radius 1 is 1.38 bits per heavy atom. The SMILES string of the molecule is NCCCc1coc(-c2cccc(F)c2)n1. The highest BCUT2D eigenvalue weighted by Gasteiger charge is 2.06. The molecule has 0 fully saturated rings. The lowest BCUT2D eigenvalue weighted by atomic mass is 10.2. The van der Waals surface area contributed by atoms with Crippen LogP contribution in [0.25, 0.3) is 11.5 Å². The number of benzene rings is 1. The van der Waals surface area contributed by atoms with Gasteiger partial charge in [-0.2, -0.15) is 0 Å². The molecule has 4 heteroatoms. The number of hydrogen-bond acceptors (Lipinski definition) is 3. The van der Waals surface area contributed by atoms with Crippen LogP contribution in [0.4, 0.5) is 4.39 Å². The topological polar surface area (TPSA) is 52.0 Å². The summed E-state index contributed by atoms with van der Waals surface area (Å²) >= 11 is 0. The highest BCUT2D eigenvalue weighted by atomic mass is 19.1. The molecule has 0 radical (unpaired) electrons. The molecule has 0 atom stereocenters. The molecular formula is C12H13FN2O. The summed E-state index contributed by atoms with van der Waals surface area (Å²) in [6.45, 7) is 0.627. The Morgan fingerprint density at radius 2 is 2.25 bits per heavy atom. The highest BCUT2D eigenvalue weighted by Crippen LogP contribution is 2.19. The van der Waals surface area contributed by atoms with Gasteiger partial charge < -0.3 is 10.2 Å². The summed E-state index contributed by atoms with van der Waals surface area (Å²) in [6, 6.07) is 6.19. The number of aryl methyl sites for hydroxylation is 1. The van der Waals surface area contributed by atoms with Gasteiger partial charge in [0.15, 0.2) is 0 Å². The van der Waals surface area contributed by atoms with Crippen molar-refractivity contribution >= 4 is 0 Å². The molecule has 84 valence electrons. The number of aromatic nitrogens is 1. The van der Waals surface area contributed by atoms with Crippen molar-refractivity contribution in [2.45, 2.75) is 12.8 Å². The summed E-state index contributed by atoms with van der Waals surface area (Å²) in [7, 11) is 0. The Hall–Kier alpha value is -1.68. The van der Waals surface area contributed by atoms with Gasteiger partial charge in [-0.25, -0.2) is 9.37 Å². The predicted molar refractivity (Wildman–Crippen MR) is 59.3 cm³/mol. The Kier molecular flexibility index (Phi) is 3.31. The van der Waals surface area contributed by atoms with Crippen molar-refractivity contribution in [3.05, 3.63) is 42.0 Å². The van der Waals surface area contributed by atoms with Gasteiger partial charge in [-0.15, -0.1) is 0 Å². The van der Waals surface area contributed by atoms with E-state index in [9.17, 15) is 4.39 Å². The average Bonchev–Trinajstić information content (AvgIpc) is 2.75. The number of nitrogens with zero attached hydrogens (tertiary/aromatic N) is 1. The first-order valence-corrected chi connectivity index (χ1v) is 5.20. The molecule has 3 nitrogen and oxygen atoms in total. The zero-order valence-corrected chi connectivity index (χ0v) is 8.82. The largest absolute Gasteiger partial charge is 0.444 e. The van der Waals surface area contributed by atoms with Crippen molar-refractivity contribution in [3.63, 3.8) is 0 Å². The molecule has 16 heavy (non-hydrogen) atoms. The predicted octanol–water partition coefficient (Wildman–Crippen LogP) is 2.37. The molecule has 1 aromatic carbocycles. The first kappa shape index (κ1) is 10.8. The molecule has 0 saturated heterocycles. The minimum absolute atomic E-state index is 0.292. The summed E-state index contributed by atoms with van der Waals surface area (Å²) < 4.78 is 18.3. The molecule has 0 spiro atoms. The molecule has 1 heterocycles. The summed E-state index contributed by atoms with van der Waals surface area (Å²) in [5, 5.41) is 0. The fraction of sp³-hybridized carbons (Fsp3) is 0.250. The van der Waals surface area contributed by atoms with Crippen LogP contribution >= 0.6 is 0 Å². The molecule has 0 bridgehead atoms. The monoisotopic (exact) mass is 220 g/mol. The van der Waals surface area contributed by atoms with Crippen molar-refractivity contribution < 1.29 is 8.81 Å². The Bertz CT molecular complexity index is 468. The van der Waals surface area contributed by atoms with E-state index in [-0.39, 0.29) is 5.82 Å². The Labute approximate surface area is 93.1 Å². The maximum atomic E-state index is 13.0. The second kappa shape index (κ2) is 4.90. The van der Waals surface area contributed by atoms with E-state index in [2.05, 4.69) is 4.98 Å². The number of hydrogen-bond donors (Lipinski definition) is 1. The third-order valence-corrected chi connectivity index (χ3v) is 2.26. The Morgan fingerprint density at radius 3 is 3.00 bits per heavy atom. The number of oxazole rings is 1. The van der Waals surface area contributed by atoms with Crippen molar-refractivity contribution in [2.24, 2.45) is 5.73 Å². The molecular weight excluding hydrogens is 207 g/mol. The molecule has 0 unspecified atom stereocenters. The molecule has 2 N–H and O–H groups in total. The summed E-state index contributed by atoms with van der Waals surface area (Å²) in [5.74, 6) is 0.158. The number of halogens is 1. The molecule has 0 aliphatic heterocycles. The molecule has 0 aliphatic rings. The van der Waals surface area contributed by atoms with Gasteiger partial charge in [0, 0.05) is 5.56 Å². The van der Waals surface area contributed by atoms with Gasteiger partial charge in [0.1, 0.15) is 12.1 Å². The van der Waals surface area contributed by atoms with Crippen LogP contribution < -0.4 is 5.73 Å². The van der Waals surface area contributed by atoms with E-state index in [1.54, 1.807) is 18.4 Å². The molecule has 0 amide bonds. The third-order valence-electron chi connectivity index (χ3n) is 2.26. The van der Waals surface area contributed by atoms with Crippen LogP contribution in [0, 0.1) is 5.82 Å². The molecule has 1 aromatic heterocycles. The lowest BCUT2D eigenvalue weighted by Gasteiger charge is -1.94. The normalized spacial score (nSPS) is 10.6. The van der Waals surface area contributed by atoms with E-state index in [1.165, 1.54) is 12.1 Å². The zero-order chi connectivity index (χ0) is 11.4. The maximum Gasteiger partial charge on any atom is 0.226 e. The molecule has 0 saturated carbocycles. The zero-order valence-electron chi connectivity index (χ0n) is 8.82. The van der Waals surface area contributed by atoms with Crippen LogP contribution in [0.5, 0.6) is 0 Å². The number of nitrogens with two attached hydrogens (primary N) is 1. The van der Waals surface area contributed by atoms with Crippen LogP contribution in [-0.2, 0) is 6.42 Å². The van der Waals surface area contributed by atoms with E-state index in [0.717, 1.165) is 18.5 Å². The highest BCUT2D eigenvalue weighted by molar-refractivity contribution is 5.52. The van der Waals surface area contributed by atoms with Crippen LogP contribution in [0.2, 0.25) is 0 Å². The second-order valence-electron chi connectivity index (χ2n) is 3.55. The lowest BCUT2D eigenvalue weighted by Crippen LogP contribution is -2.00. The fourth-order valence-electron chi connectivity index (χ4n) is 1.46. The van der Waals surface area contributed by atoms with Gasteiger partial charge in [0.05, 0.1) is 5.69 Å². The second-order valence-corrected chi connectivity index (χ2v) is 3.55. The van der Waals surface area contributed by atoms with Gasteiger partial charge in [0.25, 0.3) is 0 Å². The van der Waals surface area contributed by atoms with Crippen LogP contribution in [0.15, 0.2) is 34.9 Å². The van der Waals surface area contributed by atoms with Crippen LogP contribution in [0.3, 0.4) is 0 Å². The average molecular weight is 220 g/mol. The Balaban J connectivity index is 2.18. The third kappa shape index (κ3) is 2.46. The maximum absolute atomic E-state index is 13.0. The van der Waals surface area contributed by atoms with Crippen LogP contribution in [-0.4, -0.2) is 11.5 Å². The minimum Gasteiger partial charge on any atom is -0.444 e. The van der Waals surface area contributed by atoms with Crippen molar-refractivity contribution in [2.75, 3.05) is 6.54 Å².